The molecule has 3 aromatic rings. The van der Waals surface area contributed by atoms with E-state index < -0.39 is 0 Å². The zero-order valence-corrected chi connectivity index (χ0v) is 20.2. The Balaban J connectivity index is 1.26. The molecule has 2 heterocycles. The van der Waals surface area contributed by atoms with Gasteiger partial charge in [-0.05, 0) is 61.2 Å². The Kier molecular flexibility index (Phi) is 6.12. The first kappa shape index (κ1) is 22.8. The van der Waals surface area contributed by atoms with E-state index in [0.29, 0.717) is 42.7 Å². The number of fused-ring (bicyclic) bond motifs is 1. The Morgan fingerprint density at radius 2 is 1.51 bits per heavy atom. The third kappa shape index (κ3) is 4.32. The molecule has 6 heteroatoms. The maximum Gasteiger partial charge on any atom is 0.261 e. The molecular formula is C29H29N3O3. The summed E-state index contributed by atoms with van der Waals surface area (Å²) >= 11 is 0. The zero-order chi connectivity index (χ0) is 24.5. The summed E-state index contributed by atoms with van der Waals surface area (Å²) in [5.41, 5.74) is 5.97. The highest BCUT2D eigenvalue weighted by Crippen LogP contribution is 2.27. The lowest BCUT2D eigenvalue weighted by molar-refractivity contribution is 0.0655. The van der Waals surface area contributed by atoms with Gasteiger partial charge >= 0.3 is 0 Å². The lowest BCUT2D eigenvalue weighted by Gasteiger charge is -2.37. The van der Waals surface area contributed by atoms with Crippen molar-refractivity contribution < 1.29 is 14.4 Å². The quantitative estimate of drug-likeness (QED) is 0.530. The predicted molar refractivity (Wildman–Crippen MR) is 136 cm³/mol. The van der Waals surface area contributed by atoms with E-state index in [1.807, 2.05) is 35.2 Å². The summed E-state index contributed by atoms with van der Waals surface area (Å²) in [7, 11) is 0. The number of aryl methyl sites for hydroxylation is 1. The first-order chi connectivity index (χ1) is 16.9. The van der Waals surface area contributed by atoms with Crippen LogP contribution in [0.5, 0.6) is 0 Å². The fourth-order valence-electron chi connectivity index (χ4n) is 4.92. The van der Waals surface area contributed by atoms with Crippen molar-refractivity contribution >= 4 is 23.4 Å². The molecule has 0 atom stereocenters. The molecule has 35 heavy (non-hydrogen) atoms. The number of nitrogens with zero attached hydrogens (tertiary/aromatic N) is 3. The van der Waals surface area contributed by atoms with Crippen LogP contribution in [0.3, 0.4) is 0 Å². The van der Waals surface area contributed by atoms with Gasteiger partial charge in [-0.3, -0.25) is 19.3 Å². The van der Waals surface area contributed by atoms with Gasteiger partial charge in [0.2, 0.25) is 0 Å². The highest BCUT2D eigenvalue weighted by atomic mass is 16.2. The van der Waals surface area contributed by atoms with Crippen LogP contribution in [0.15, 0.2) is 66.7 Å². The molecule has 2 aliphatic rings. The second-order valence-electron chi connectivity index (χ2n) is 9.26. The average Bonchev–Trinajstić information content (AvgIpc) is 3.13. The topological polar surface area (TPSA) is 60.9 Å². The summed E-state index contributed by atoms with van der Waals surface area (Å²) in [6, 6.07) is 21.0. The molecule has 1 saturated heterocycles. The van der Waals surface area contributed by atoms with E-state index in [4.69, 9.17) is 0 Å². The standard InChI is InChI=1S/C29H29N3O3/c1-20-7-6-10-26(21(20)2)30-15-17-31(18-16-30)27(33)23-11-12-24-25(19-23)29(35)32(28(24)34)14-13-22-8-4-3-5-9-22/h3-12,19H,13-18H2,1-2H3. The lowest BCUT2D eigenvalue weighted by atomic mass is 10.0. The van der Waals surface area contributed by atoms with E-state index in [-0.39, 0.29) is 17.7 Å². The van der Waals surface area contributed by atoms with Crippen LogP contribution in [0.2, 0.25) is 0 Å². The van der Waals surface area contributed by atoms with Crippen molar-refractivity contribution in [3.63, 3.8) is 0 Å². The smallest absolute Gasteiger partial charge is 0.261 e. The summed E-state index contributed by atoms with van der Waals surface area (Å²) in [6.45, 7) is 7.30. The Morgan fingerprint density at radius 1 is 0.800 bits per heavy atom. The molecule has 1 fully saturated rings. The summed E-state index contributed by atoms with van der Waals surface area (Å²) < 4.78 is 0. The van der Waals surface area contributed by atoms with Gasteiger partial charge in [-0.15, -0.1) is 0 Å². The number of benzene rings is 3. The van der Waals surface area contributed by atoms with Crippen molar-refractivity contribution in [1.82, 2.24) is 9.80 Å². The number of hydrogen-bond acceptors (Lipinski definition) is 4. The molecule has 2 aliphatic heterocycles. The normalized spacial score (nSPS) is 15.5. The number of rotatable bonds is 5. The van der Waals surface area contributed by atoms with Gasteiger partial charge in [-0.2, -0.15) is 0 Å². The number of hydrogen-bond donors (Lipinski definition) is 0. The van der Waals surface area contributed by atoms with Crippen molar-refractivity contribution in [1.29, 1.82) is 0 Å². The summed E-state index contributed by atoms with van der Waals surface area (Å²) in [6.07, 6.45) is 0.600. The van der Waals surface area contributed by atoms with Crippen LogP contribution in [0, 0.1) is 13.8 Å². The molecule has 0 aliphatic carbocycles. The highest BCUT2D eigenvalue weighted by molar-refractivity contribution is 6.22. The second kappa shape index (κ2) is 9.37. The second-order valence-corrected chi connectivity index (χ2v) is 9.26. The molecule has 5 rings (SSSR count). The number of carbonyl (C=O) groups excluding carboxylic acids is 3. The maximum absolute atomic E-state index is 13.2. The van der Waals surface area contributed by atoms with E-state index in [0.717, 1.165) is 18.7 Å². The van der Waals surface area contributed by atoms with Gasteiger partial charge in [0.15, 0.2) is 0 Å². The predicted octanol–water partition coefficient (Wildman–Crippen LogP) is 4.10. The minimum atomic E-state index is -0.324. The summed E-state index contributed by atoms with van der Waals surface area (Å²) in [5, 5.41) is 0. The van der Waals surface area contributed by atoms with Crippen molar-refractivity contribution in [3.8, 4) is 0 Å². The van der Waals surface area contributed by atoms with E-state index in [2.05, 4.69) is 36.9 Å². The Labute approximate surface area is 205 Å². The molecule has 6 nitrogen and oxygen atoms in total. The highest BCUT2D eigenvalue weighted by Gasteiger charge is 2.36. The number of carbonyl (C=O) groups is 3. The number of amides is 3. The largest absolute Gasteiger partial charge is 0.368 e. The van der Waals surface area contributed by atoms with E-state index in [1.54, 1.807) is 18.2 Å². The maximum atomic E-state index is 13.2. The zero-order valence-electron chi connectivity index (χ0n) is 20.2. The molecule has 0 aromatic heterocycles. The monoisotopic (exact) mass is 467 g/mol. The molecule has 178 valence electrons. The van der Waals surface area contributed by atoms with E-state index in [9.17, 15) is 14.4 Å². The molecule has 0 radical (unpaired) electrons. The van der Waals surface area contributed by atoms with Crippen LogP contribution in [0.4, 0.5) is 5.69 Å². The molecular weight excluding hydrogens is 438 g/mol. The van der Waals surface area contributed by atoms with Crippen molar-refractivity contribution in [3.05, 3.63) is 100 Å². The number of piperazine rings is 1. The lowest BCUT2D eigenvalue weighted by Crippen LogP contribution is -2.49. The van der Waals surface area contributed by atoms with Gasteiger partial charge in [0.1, 0.15) is 0 Å². The first-order valence-electron chi connectivity index (χ1n) is 12.1. The molecule has 0 spiro atoms. The fraction of sp³-hybridized carbons (Fsp3) is 0.276. The minimum absolute atomic E-state index is 0.101. The van der Waals surface area contributed by atoms with Crippen LogP contribution >= 0.6 is 0 Å². The Hall–Kier alpha value is -3.93. The number of anilines is 1. The molecule has 3 aromatic carbocycles. The minimum Gasteiger partial charge on any atom is -0.368 e. The van der Waals surface area contributed by atoms with Crippen LogP contribution in [0.1, 0.15) is 47.8 Å². The fourth-order valence-corrected chi connectivity index (χ4v) is 4.92. The van der Waals surface area contributed by atoms with Crippen LogP contribution in [-0.4, -0.2) is 60.2 Å². The Bertz CT molecular complexity index is 1290. The van der Waals surface area contributed by atoms with E-state index in [1.165, 1.54) is 21.7 Å². The van der Waals surface area contributed by atoms with Crippen molar-refractivity contribution in [2.45, 2.75) is 20.3 Å². The van der Waals surface area contributed by atoms with Gasteiger partial charge in [-0.1, -0.05) is 42.5 Å². The van der Waals surface area contributed by atoms with Crippen molar-refractivity contribution in [2.75, 3.05) is 37.6 Å². The van der Waals surface area contributed by atoms with Crippen LogP contribution < -0.4 is 4.90 Å². The van der Waals surface area contributed by atoms with Gasteiger partial charge in [0.05, 0.1) is 11.1 Å². The van der Waals surface area contributed by atoms with Gasteiger partial charge < -0.3 is 9.80 Å². The third-order valence-corrected chi connectivity index (χ3v) is 7.17. The van der Waals surface area contributed by atoms with Gasteiger partial charge in [0.25, 0.3) is 17.7 Å². The SMILES string of the molecule is Cc1cccc(N2CCN(C(=O)c3ccc4c(c3)C(=O)N(CCc3ccccc3)C4=O)CC2)c1C. The van der Waals surface area contributed by atoms with Crippen molar-refractivity contribution in [2.24, 2.45) is 0 Å². The summed E-state index contributed by atoms with van der Waals surface area (Å²) in [4.78, 5) is 44.5. The first-order valence-corrected chi connectivity index (χ1v) is 12.1. The van der Waals surface area contributed by atoms with Gasteiger partial charge in [0, 0.05) is 44.0 Å². The summed E-state index contributed by atoms with van der Waals surface area (Å²) in [5.74, 6) is -0.714. The number of imide groups is 1. The molecule has 0 saturated carbocycles. The average molecular weight is 468 g/mol. The molecule has 0 N–H and O–H groups in total. The molecule has 0 bridgehead atoms. The third-order valence-electron chi connectivity index (χ3n) is 7.17. The molecule has 3 amide bonds. The van der Waals surface area contributed by atoms with Crippen LogP contribution in [-0.2, 0) is 6.42 Å². The van der Waals surface area contributed by atoms with Gasteiger partial charge in [-0.25, -0.2) is 0 Å². The van der Waals surface area contributed by atoms with Crippen LogP contribution in [0.25, 0.3) is 0 Å². The molecule has 0 unspecified atom stereocenters. The van der Waals surface area contributed by atoms with E-state index >= 15 is 0 Å². The Morgan fingerprint density at radius 3 is 2.26 bits per heavy atom.